The van der Waals surface area contributed by atoms with Crippen LogP contribution in [-0.2, 0) is 20.1 Å². The van der Waals surface area contributed by atoms with E-state index in [0.29, 0.717) is 31.4 Å². The van der Waals surface area contributed by atoms with Crippen molar-refractivity contribution in [2.75, 3.05) is 29.5 Å². The van der Waals surface area contributed by atoms with Gasteiger partial charge in [-0.2, -0.15) is 5.10 Å². The monoisotopic (exact) mass is 503 g/mol. The number of ether oxygens (including phenoxy) is 1. The van der Waals surface area contributed by atoms with Gasteiger partial charge in [-0.05, 0) is 51.5 Å². The molecule has 10 heteroatoms. The van der Waals surface area contributed by atoms with Crippen molar-refractivity contribution >= 4 is 28.8 Å². The van der Waals surface area contributed by atoms with Crippen LogP contribution in [0.3, 0.4) is 0 Å². The second-order valence-electron chi connectivity index (χ2n) is 8.74. The van der Waals surface area contributed by atoms with E-state index in [-0.39, 0.29) is 5.56 Å². The van der Waals surface area contributed by atoms with Crippen molar-refractivity contribution in [2.45, 2.75) is 40.8 Å². The molecule has 0 amide bonds. The zero-order chi connectivity index (χ0) is 26.5. The number of aromatic nitrogens is 5. The summed E-state index contributed by atoms with van der Waals surface area (Å²) in [5.41, 5.74) is 3.84. The summed E-state index contributed by atoms with van der Waals surface area (Å²) >= 11 is 0. The molecule has 0 bridgehead atoms. The molecule has 10 nitrogen and oxygen atoms in total. The first-order chi connectivity index (χ1) is 17.8. The molecule has 194 valence electrons. The Morgan fingerprint density at radius 2 is 1.78 bits per heavy atom. The summed E-state index contributed by atoms with van der Waals surface area (Å²) in [5.74, 6) is 1.03. The van der Waals surface area contributed by atoms with Gasteiger partial charge in [-0.15, -0.1) is 0 Å². The summed E-state index contributed by atoms with van der Waals surface area (Å²) in [6, 6.07) is 9.08. The van der Waals surface area contributed by atoms with E-state index in [0.717, 1.165) is 46.8 Å². The van der Waals surface area contributed by atoms with E-state index in [1.54, 1.807) is 30.6 Å². The highest BCUT2D eigenvalue weighted by molar-refractivity contribution is 5.87. The molecular weight excluding hydrogens is 470 g/mol. The summed E-state index contributed by atoms with van der Waals surface area (Å²) in [5, 5.41) is 15.0. The molecule has 0 aliphatic carbocycles. The van der Waals surface area contributed by atoms with Gasteiger partial charge in [-0.3, -0.25) is 4.68 Å². The van der Waals surface area contributed by atoms with Gasteiger partial charge in [0.05, 0.1) is 30.3 Å². The highest BCUT2D eigenvalue weighted by Gasteiger charge is 2.20. The molecule has 37 heavy (non-hydrogen) atoms. The smallest absolute Gasteiger partial charge is 0.335 e. The van der Waals surface area contributed by atoms with Crippen LogP contribution in [0.25, 0.3) is 11.0 Å². The Kier molecular flexibility index (Phi) is 7.86. The number of carboxylic acids is 1. The van der Waals surface area contributed by atoms with E-state index < -0.39 is 5.97 Å². The molecule has 3 aromatic heterocycles. The van der Waals surface area contributed by atoms with Crippen molar-refractivity contribution in [3.8, 4) is 5.75 Å². The van der Waals surface area contributed by atoms with Crippen LogP contribution in [0.4, 0.5) is 11.8 Å². The lowest BCUT2D eigenvalue weighted by Gasteiger charge is -2.27. The molecule has 0 unspecified atom stereocenters. The van der Waals surface area contributed by atoms with Crippen LogP contribution in [0.5, 0.6) is 5.75 Å². The zero-order valence-corrected chi connectivity index (χ0v) is 22.0. The molecule has 4 rings (SSSR count). The van der Waals surface area contributed by atoms with Crippen LogP contribution in [-0.4, -0.2) is 55.5 Å². The lowest BCUT2D eigenvalue weighted by molar-refractivity contribution is 0.0696. The molecule has 0 aliphatic rings. The predicted octanol–water partition coefficient (Wildman–Crippen LogP) is 4.22. The normalized spacial score (nSPS) is 11.1. The average molecular weight is 504 g/mol. The SMILES string of the molecule is CCOc1cnc(N(Cc2cccc(C(=O)O)c2)Cc2cc3c(C)nn(C)c3nc2N(CC)CC)nc1. The van der Waals surface area contributed by atoms with Gasteiger partial charge in [-0.1, -0.05) is 12.1 Å². The number of aromatic carboxylic acids is 1. The molecule has 3 heterocycles. The van der Waals surface area contributed by atoms with Crippen molar-refractivity contribution in [3.63, 3.8) is 0 Å². The van der Waals surface area contributed by atoms with E-state index in [1.807, 2.05) is 36.5 Å². The van der Waals surface area contributed by atoms with Crippen LogP contribution < -0.4 is 14.5 Å². The number of nitrogens with zero attached hydrogens (tertiary/aromatic N) is 7. The van der Waals surface area contributed by atoms with Gasteiger partial charge in [0, 0.05) is 44.2 Å². The highest BCUT2D eigenvalue weighted by Crippen LogP contribution is 2.28. The molecule has 1 aromatic carbocycles. The number of anilines is 2. The van der Waals surface area contributed by atoms with Gasteiger partial charge in [0.25, 0.3) is 0 Å². The number of aryl methyl sites for hydroxylation is 2. The second kappa shape index (κ2) is 11.2. The molecular formula is C27H33N7O3. The third-order valence-corrected chi connectivity index (χ3v) is 6.23. The van der Waals surface area contributed by atoms with E-state index in [9.17, 15) is 9.90 Å². The van der Waals surface area contributed by atoms with Gasteiger partial charge in [0.15, 0.2) is 11.4 Å². The van der Waals surface area contributed by atoms with Crippen LogP contribution in [0.2, 0.25) is 0 Å². The minimum Gasteiger partial charge on any atom is -0.491 e. The van der Waals surface area contributed by atoms with E-state index in [1.165, 1.54) is 0 Å². The Bertz CT molecular complexity index is 1380. The number of carbonyl (C=O) groups is 1. The van der Waals surface area contributed by atoms with Crippen molar-refractivity contribution in [1.29, 1.82) is 0 Å². The fourth-order valence-corrected chi connectivity index (χ4v) is 4.43. The lowest BCUT2D eigenvalue weighted by Crippen LogP contribution is -2.29. The molecule has 0 fully saturated rings. The van der Waals surface area contributed by atoms with E-state index in [4.69, 9.17) is 9.72 Å². The summed E-state index contributed by atoms with van der Waals surface area (Å²) in [6.45, 7) is 11.1. The Hall–Kier alpha value is -4.21. The summed E-state index contributed by atoms with van der Waals surface area (Å²) < 4.78 is 7.34. The van der Waals surface area contributed by atoms with Gasteiger partial charge >= 0.3 is 5.97 Å². The highest BCUT2D eigenvalue weighted by atomic mass is 16.5. The van der Waals surface area contributed by atoms with Crippen LogP contribution in [0, 0.1) is 6.92 Å². The van der Waals surface area contributed by atoms with Gasteiger partial charge in [0.1, 0.15) is 5.82 Å². The number of hydrogen-bond acceptors (Lipinski definition) is 8. The van der Waals surface area contributed by atoms with Crippen LogP contribution >= 0.6 is 0 Å². The number of hydrogen-bond donors (Lipinski definition) is 1. The van der Waals surface area contributed by atoms with Crippen molar-refractivity contribution in [3.05, 3.63) is 65.1 Å². The predicted molar refractivity (Wildman–Crippen MR) is 143 cm³/mol. The Labute approximate surface area is 216 Å². The number of benzene rings is 1. The van der Waals surface area contributed by atoms with E-state index in [2.05, 4.69) is 39.9 Å². The Morgan fingerprint density at radius 1 is 1.05 bits per heavy atom. The van der Waals surface area contributed by atoms with E-state index >= 15 is 0 Å². The van der Waals surface area contributed by atoms with Crippen molar-refractivity contribution in [1.82, 2.24) is 24.7 Å². The van der Waals surface area contributed by atoms with Gasteiger partial charge in [0.2, 0.25) is 5.95 Å². The van der Waals surface area contributed by atoms with Crippen molar-refractivity contribution in [2.24, 2.45) is 7.05 Å². The number of carboxylic acid groups (broad SMARTS) is 1. The molecule has 0 aliphatic heterocycles. The average Bonchev–Trinajstić information content (AvgIpc) is 3.17. The quantitative estimate of drug-likeness (QED) is 0.322. The number of rotatable bonds is 11. The third-order valence-electron chi connectivity index (χ3n) is 6.23. The molecule has 0 spiro atoms. The van der Waals surface area contributed by atoms with Crippen molar-refractivity contribution < 1.29 is 14.6 Å². The molecule has 0 radical (unpaired) electrons. The molecule has 0 saturated heterocycles. The minimum atomic E-state index is -0.962. The second-order valence-corrected chi connectivity index (χ2v) is 8.74. The molecule has 0 atom stereocenters. The summed E-state index contributed by atoms with van der Waals surface area (Å²) in [7, 11) is 1.91. The number of pyridine rings is 1. The van der Waals surface area contributed by atoms with Crippen LogP contribution in [0.1, 0.15) is 48.0 Å². The number of fused-ring (bicyclic) bond motifs is 1. The maximum atomic E-state index is 11.6. The fraction of sp³-hybridized carbons (Fsp3) is 0.370. The molecule has 4 aromatic rings. The summed E-state index contributed by atoms with van der Waals surface area (Å²) in [4.78, 5) is 30.0. The topological polar surface area (TPSA) is 109 Å². The van der Waals surface area contributed by atoms with Gasteiger partial charge in [-0.25, -0.2) is 19.7 Å². The standard InChI is InChI=1S/C27H33N7O3/c1-6-33(7-2)24-21(13-23-18(4)31-32(5)25(23)30-24)17-34(27-28-14-22(15-29-27)37-8-3)16-19-10-9-11-20(12-19)26(35)36/h9-15H,6-8,16-17H2,1-5H3,(H,35,36). The lowest BCUT2D eigenvalue weighted by atomic mass is 10.1. The largest absolute Gasteiger partial charge is 0.491 e. The summed E-state index contributed by atoms with van der Waals surface area (Å²) in [6.07, 6.45) is 3.31. The van der Waals surface area contributed by atoms with Gasteiger partial charge < -0.3 is 19.6 Å². The zero-order valence-electron chi connectivity index (χ0n) is 22.0. The Balaban J connectivity index is 1.80. The third kappa shape index (κ3) is 5.63. The first-order valence-corrected chi connectivity index (χ1v) is 12.4. The minimum absolute atomic E-state index is 0.239. The molecule has 0 saturated carbocycles. The fourth-order valence-electron chi connectivity index (χ4n) is 4.43. The maximum Gasteiger partial charge on any atom is 0.335 e. The Morgan fingerprint density at radius 3 is 2.43 bits per heavy atom. The first-order valence-electron chi connectivity index (χ1n) is 12.4. The van der Waals surface area contributed by atoms with Crippen LogP contribution in [0.15, 0.2) is 42.7 Å². The molecule has 1 N–H and O–H groups in total. The maximum absolute atomic E-state index is 11.6. The first kappa shape index (κ1) is 25.9.